The molecule has 0 amide bonds. The van der Waals surface area contributed by atoms with Gasteiger partial charge in [-0.15, -0.1) is 0 Å². The monoisotopic (exact) mass is 576 g/mol. The number of methoxy groups -OCH3 is 2. The predicted molar refractivity (Wildman–Crippen MR) is 136 cm³/mol. The summed E-state index contributed by atoms with van der Waals surface area (Å²) in [6.45, 7) is 0. The van der Waals surface area contributed by atoms with Gasteiger partial charge in [0.25, 0.3) is 0 Å². The van der Waals surface area contributed by atoms with E-state index in [9.17, 15) is 22.4 Å². The summed E-state index contributed by atoms with van der Waals surface area (Å²) in [7, 11) is 3.82. The molecule has 0 saturated carbocycles. The first kappa shape index (κ1) is 28.8. The molecule has 4 aromatic rings. The SMILES string of the molecule is COOSc1ccc(-c2nc(C(F)(F)F)nc(Oc3ccc(C(=O)OC)cc3OC)c2-c2ccc(F)cc2)cc1. The maximum absolute atomic E-state index is 14.0. The van der Waals surface area contributed by atoms with E-state index in [1.54, 1.807) is 12.1 Å². The minimum atomic E-state index is -4.94. The van der Waals surface area contributed by atoms with Crippen LogP contribution in [0.2, 0.25) is 0 Å². The van der Waals surface area contributed by atoms with Crippen LogP contribution < -0.4 is 9.47 Å². The molecule has 208 valence electrons. The smallest absolute Gasteiger partial charge is 0.451 e. The molecule has 4 rings (SSSR count). The van der Waals surface area contributed by atoms with Gasteiger partial charge in [-0.1, -0.05) is 24.3 Å². The number of esters is 1. The minimum Gasteiger partial charge on any atom is -0.493 e. The van der Waals surface area contributed by atoms with Gasteiger partial charge in [-0.05, 0) is 48.0 Å². The summed E-state index contributed by atoms with van der Waals surface area (Å²) >= 11 is 0.899. The summed E-state index contributed by atoms with van der Waals surface area (Å²) in [5.41, 5.74) is 0.623. The van der Waals surface area contributed by atoms with Crippen LogP contribution in [0.5, 0.6) is 17.4 Å². The number of ether oxygens (including phenoxy) is 3. The summed E-state index contributed by atoms with van der Waals surface area (Å²) in [6.07, 6.45) is -4.94. The Bertz CT molecular complexity index is 1500. The molecule has 0 unspecified atom stereocenters. The molecule has 8 nitrogen and oxygen atoms in total. The molecule has 13 heteroatoms. The molecule has 0 radical (unpaired) electrons. The highest BCUT2D eigenvalue weighted by Crippen LogP contribution is 2.43. The van der Waals surface area contributed by atoms with Crippen molar-refractivity contribution in [2.75, 3.05) is 21.3 Å². The van der Waals surface area contributed by atoms with E-state index in [2.05, 4.69) is 14.9 Å². The summed E-state index contributed by atoms with van der Waals surface area (Å²) in [6, 6.07) is 15.3. The quantitative estimate of drug-likeness (QED) is 0.0678. The van der Waals surface area contributed by atoms with Crippen molar-refractivity contribution >= 4 is 18.0 Å². The Kier molecular flexibility index (Phi) is 8.87. The fourth-order valence-corrected chi connectivity index (χ4v) is 3.96. The highest BCUT2D eigenvalue weighted by molar-refractivity contribution is 7.94. The molecule has 1 aromatic heterocycles. The zero-order valence-corrected chi connectivity index (χ0v) is 21.9. The Hall–Kier alpha value is -4.20. The van der Waals surface area contributed by atoms with E-state index < -0.39 is 29.7 Å². The first-order chi connectivity index (χ1) is 19.1. The molecule has 0 aliphatic rings. The van der Waals surface area contributed by atoms with Crippen LogP contribution in [0.3, 0.4) is 0 Å². The molecule has 40 heavy (non-hydrogen) atoms. The molecule has 0 fully saturated rings. The molecule has 0 saturated heterocycles. The van der Waals surface area contributed by atoms with Crippen molar-refractivity contribution in [3.8, 4) is 39.8 Å². The number of hydrogen-bond donors (Lipinski definition) is 0. The van der Waals surface area contributed by atoms with Gasteiger partial charge in [0.05, 0.1) is 50.2 Å². The van der Waals surface area contributed by atoms with Crippen LogP contribution in [0.15, 0.2) is 71.6 Å². The maximum Gasteiger partial charge on any atom is 0.451 e. The van der Waals surface area contributed by atoms with Gasteiger partial charge in [-0.3, -0.25) is 0 Å². The molecular weight excluding hydrogens is 556 g/mol. The second kappa shape index (κ2) is 12.3. The van der Waals surface area contributed by atoms with E-state index in [4.69, 9.17) is 18.5 Å². The average molecular weight is 577 g/mol. The molecule has 0 aliphatic heterocycles. The Morgan fingerprint density at radius 3 is 2.12 bits per heavy atom. The van der Waals surface area contributed by atoms with Gasteiger partial charge in [0.1, 0.15) is 5.82 Å². The van der Waals surface area contributed by atoms with Gasteiger partial charge < -0.3 is 14.2 Å². The van der Waals surface area contributed by atoms with Crippen LogP contribution >= 0.6 is 12.0 Å². The summed E-state index contributed by atoms with van der Waals surface area (Å²) in [5.74, 6) is -3.16. The number of halogens is 4. The van der Waals surface area contributed by atoms with E-state index >= 15 is 0 Å². The fraction of sp³-hybridized carbons (Fsp3) is 0.148. The van der Waals surface area contributed by atoms with E-state index in [0.717, 1.165) is 24.2 Å². The van der Waals surface area contributed by atoms with Crippen molar-refractivity contribution in [2.45, 2.75) is 11.1 Å². The lowest BCUT2D eigenvalue weighted by atomic mass is 10.00. The molecule has 0 spiro atoms. The van der Waals surface area contributed by atoms with E-state index in [0.29, 0.717) is 4.90 Å². The van der Waals surface area contributed by atoms with Crippen molar-refractivity contribution in [2.24, 2.45) is 0 Å². The number of aromatic nitrogens is 2. The third-order valence-electron chi connectivity index (χ3n) is 5.38. The van der Waals surface area contributed by atoms with Crippen LogP contribution in [-0.2, 0) is 20.1 Å². The van der Waals surface area contributed by atoms with Crippen molar-refractivity contribution in [3.63, 3.8) is 0 Å². The zero-order chi connectivity index (χ0) is 28.9. The topological polar surface area (TPSA) is 89.0 Å². The Morgan fingerprint density at radius 1 is 0.850 bits per heavy atom. The maximum atomic E-state index is 14.0. The van der Waals surface area contributed by atoms with Crippen molar-refractivity contribution in [3.05, 3.63) is 83.9 Å². The standard InChI is InChI=1S/C27H20F4N2O6S/c1-35-21-14-17(25(34)36-2)8-13-20(21)38-24-22(15-4-9-18(28)10-5-15)23(32-26(33-24)27(29,30)31)16-6-11-19(12-7-16)40-39-37-3/h4-14H,1-3H3. The van der Waals surface area contributed by atoms with E-state index in [1.807, 2.05) is 0 Å². The molecular formula is C27H20F4N2O6S. The number of carbonyl (C=O) groups is 1. The molecule has 0 N–H and O–H groups in total. The van der Waals surface area contributed by atoms with Crippen molar-refractivity contribution in [1.29, 1.82) is 0 Å². The summed E-state index contributed by atoms with van der Waals surface area (Å²) in [4.78, 5) is 24.6. The van der Waals surface area contributed by atoms with E-state index in [-0.39, 0.29) is 39.4 Å². The first-order valence-corrected chi connectivity index (χ1v) is 12.1. The molecule has 0 atom stereocenters. The molecule has 1 heterocycles. The third kappa shape index (κ3) is 6.50. The van der Waals surface area contributed by atoms with Gasteiger partial charge in [-0.2, -0.15) is 22.5 Å². The van der Waals surface area contributed by atoms with Crippen molar-refractivity contribution < 1.29 is 45.8 Å². The molecule has 0 aliphatic carbocycles. The van der Waals surface area contributed by atoms with Gasteiger partial charge in [-0.25, -0.2) is 19.1 Å². The lowest BCUT2D eigenvalue weighted by Gasteiger charge is -2.18. The molecule has 0 bridgehead atoms. The molecule has 3 aromatic carbocycles. The minimum absolute atomic E-state index is 0.0289. The third-order valence-corrected chi connectivity index (χ3v) is 6.05. The van der Waals surface area contributed by atoms with Crippen LogP contribution in [0, 0.1) is 5.82 Å². The second-order valence-electron chi connectivity index (χ2n) is 7.88. The van der Waals surface area contributed by atoms with Gasteiger partial charge in [0.15, 0.2) is 11.5 Å². The zero-order valence-electron chi connectivity index (χ0n) is 21.1. The van der Waals surface area contributed by atoms with Crippen LogP contribution in [0.4, 0.5) is 17.6 Å². The predicted octanol–water partition coefficient (Wildman–Crippen LogP) is 7.14. The van der Waals surface area contributed by atoms with Crippen LogP contribution in [0.1, 0.15) is 16.2 Å². The number of benzene rings is 3. The summed E-state index contributed by atoms with van der Waals surface area (Å²) < 4.78 is 76.4. The van der Waals surface area contributed by atoms with Gasteiger partial charge in [0, 0.05) is 10.5 Å². The largest absolute Gasteiger partial charge is 0.493 e. The first-order valence-electron chi connectivity index (χ1n) is 11.3. The lowest BCUT2D eigenvalue weighted by Crippen LogP contribution is -2.13. The van der Waals surface area contributed by atoms with Crippen LogP contribution in [-0.4, -0.2) is 37.3 Å². The van der Waals surface area contributed by atoms with Gasteiger partial charge in [0.2, 0.25) is 11.7 Å². The number of hydrogen-bond acceptors (Lipinski definition) is 9. The van der Waals surface area contributed by atoms with Gasteiger partial charge >= 0.3 is 12.1 Å². The summed E-state index contributed by atoms with van der Waals surface area (Å²) in [5, 5.41) is 0. The Morgan fingerprint density at radius 2 is 1.52 bits per heavy atom. The second-order valence-corrected chi connectivity index (χ2v) is 8.66. The Labute approximate surface area is 230 Å². The number of rotatable bonds is 9. The van der Waals surface area contributed by atoms with Crippen LogP contribution in [0.25, 0.3) is 22.4 Å². The normalized spacial score (nSPS) is 11.3. The number of carbonyl (C=O) groups excluding carboxylic acids is 1. The number of alkyl halides is 3. The fourth-order valence-electron chi connectivity index (χ4n) is 3.57. The lowest BCUT2D eigenvalue weighted by molar-refractivity contribution is -0.160. The highest BCUT2D eigenvalue weighted by atomic mass is 32.2. The highest BCUT2D eigenvalue weighted by Gasteiger charge is 2.37. The average Bonchev–Trinajstić information content (AvgIpc) is 2.95. The number of nitrogens with zero attached hydrogens (tertiary/aromatic N) is 2. The van der Waals surface area contributed by atoms with Crippen molar-refractivity contribution in [1.82, 2.24) is 9.97 Å². The van der Waals surface area contributed by atoms with E-state index in [1.165, 1.54) is 63.8 Å². The Balaban J connectivity index is 1.94.